The van der Waals surface area contributed by atoms with Crippen LogP contribution in [-0.4, -0.2) is 33.0 Å². The van der Waals surface area contributed by atoms with Gasteiger partial charge in [0.05, 0.1) is 5.25 Å². The first kappa shape index (κ1) is 13.7. The molecule has 0 rings (SSSR count). The monoisotopic (exact) mass is 219 g/mol. The van der Waals surface area contributed by atoms with Crippen LogP contribution in [0.4, 0.5) is 0 Å². The first-order valence-electron chi connectivity index (χ1n) is 4.79. The highest BCUT2D eigenvalue weighted by molar-refractivity contribution is 7.91. The van der Waals surface area contributed by atoms with Crippen LogP contribution in [0, 0.1) is 0 Å². The summed E-state index contributed by atoms with van der Waals surface area (Å²) in [6.07, 6.45) is 2.97. The molecular formula is C10H21NO2S. The molecule has 14 heavy (non-hydrogen) atoms. The van der Waals surface area contributed by atoms with Crippen molar-refractivity contribution in [1.29, 1.82) is 0 Å². The van der Waals surface area contributed by atoms with Crippen LogP contribution in [-0.2, 0) is 9.84 Å². The fraction of sp³-hybridized carbons (Fsp3) is 0.800. The van der Waals surface area contributed by atoms with Crippen molar-refractivity contribution in [2.45, 2.75) is 38.0 Å². The Hall–Kier alpha value is -0.350. The van der Waals surface area contributed by atoms with E-state index < -0.39 is 9.84 Å². The standard InChI is InChI=1S/C10H21NO2S/c1-8(2)6-7-10(11-4)9(3)14(5,12)13/h9-11H,1,6-7H2,2-5H3. The molecule has 1 N–H and O–H groups in total. The van der Waals surface area contributed by atoms with Crippen LogP contribution in [0.2, 0.25) is 0 Å². The molecule has 0 bridgehead atoms. The van der Waals surface area contributed by atoms with Crippen molar-refractivity contribution in [3.63, 3.8) is 0 Å². The van der Waals surface area contributed by atoms with E-state index in [0.29, 0.717) is 0 Å². The average Bonchev–Trinajstić information content (AvgIpc) is 2.03. The molecule has 2 unspecified atom stereocenters. The minimum absolute atomic E-state index is 0.0155. The Bertz CT molecular complexity index is 282. The number of nitrogens with one attached hydrogen (secondary N) is 1. The highest BCUT2D eigenvalue weighted by Gasteiger charge is 2.23. The molecule has 0 aliphatic carbocycles. The van der Waals surface area contributed by atoms with Gasteiger partial charge in [-0.3, -0.25) is 0 Å². The Labute approximate surface area is 87.5 Å². The molecule has 4 heteroatoms. The van der Waals surface area contributed by atoms with Gasteiger partial charge in [-0.25, -0.2) is 8.42 Å². The predicted molar refractivity (Wildman–Crippen MR) is 61.2 cm³/mol. The Morgan fingerprint density at radius 3 is 2.29 bits per heavy atom. The Kier molecular flexibility index (Phi) is 5.37. The van der Waals surface area contributed by atoms with Gasteiger partial charge in [0.1, 0.15) is 0 Å². The maximum Gasteiger partial charge on any atom is 0.151 e. The lowest BCUT2D eigenvalue weighted by Gasteiger charge is -2.22. The van der Waals surface area contributed by atoms with Gasteiger partial charge in [0.25, 0.3) is 0 Å². The summed E-state index contributed by atoms with van der Waals surface area (Å²) in [6, 6.07) is 0.0155. The second kappa shape index (κ2) is 5.51. The molecule has 0 saturated carbocycles. The predicted octanol–water partition coefficient (Wildman–Crippen LogP) is 1.36. The van der Waals surface area contributed by atoms with Gasteiger partial charge >= 0.3 is 0 Å². The van der Waals surface area contributed by atoms with Crippen molar-refractivity contribution in [2.24, 2.45) is 0 Å². The molecule has 0 radical (unpaired) electrons. The normalized spacial score (nSPS) is 16.3. The third-order valence-corrected chi connectivity index (χ3v) is 4.17. The van der Waals surface area contributed by atoms with E-state index in [0.717, 1.165) is 18.4 Å². The molecule has 0 aromatic carbocycles. The van der Waals surface area contributed by atoms with Gasteiger partial charge in [-0.1, -0.05) is 5.57 Å². The van der Waals surface area contributed by atoms with Crippen LogP contribution in [0.15, 0.2) is 12.2 Å². The second-order valence-corrected chi connectivity index (χ2v) is 6.33. The Morgan fingerprint density at radius 2 is 2.00 bits per heavy atom. The van der Waals surface area contributed by atoms with E-state index in [9.17, 15) is 8.42 Å². The molecule has 0 aliphatic rings. The zero-order valence-corrected chi connectivity index (χ0v) is 10.3. The summed E-state index contributed by atoms with van der Waals surface area (Å²) in [5, 5.41) is 2.70. The summed E-state index contributed by atoms with van der Waals surface area (Å²) in [5.74, 6) is 0. The third kappa shape index (κ3) is 4.77. The van der Waals surface area contributed by atoms with Gasteiger partial charge in [0.2, 0.25) is 0 Å². The van der Waals surface area contributed by atoms with Crippen LogP contribution in [0.3, 0.4) is 0 Å². The van der Waals surface area contributed by atoms with Crippen LogP contribution in [0.5, 0.6) is 0 Å². The van der Waals surface area contributed by atoms with Crippen LogP contribution < -0.4 is 5.32 Å². The third-order valence-electron chi connectivity index (χ3n) is 2.49. The molecule has 0 aromatic rings. The number of rotatable bonds is 6. The minimum atomic E-state index is -2.95. The maximum atomic E-state index is 11.3. The van der Waals surface area contributed by atoms with Gasteiger partial charge in [0, 0.05) is 12.3 Å². The van der Waals surface area contributed by atoms with Gasteiger partial charge in [0.15, 0.2) is 9.84 Å². The van der Waals surface area contributed by atoms with Crippen molar-refractivity contribution < 1.29 is 8.42 Å². The molecule has 0 fully saturated rings. The first-order chi connectivity index (χ1) is 6.29. The molecular weight excluding hydrogens is 198 g/mol. The molecule has 0 spiro atoms. The molecule has 84 valence electrons. The zero-order chi connectivity index (χ0) is 11.4. The number of hydrogen-bond donors (Lipinski definition) is 1. The Balaban J connectivity index is 4.34. The summed E-state index contributed by atoms with van der Waals surface area (Å²) in [6.45, 7) is 7.51. The lowest BCUT2D eigenvalue weighted by atomic mass is 10.1. The van der Waals surface area contributed by atoms with Gasteiger partial charge < -0.3 is 5.32 Å². The lowest BCUT2D eigenvalue weighted by molar-refractivity contribution is 0.492. The van der Waals surface area contributed by atoms with Crippen molar-refractivity contribution in [2.75, 3.05) is 13.3 Å². The lowest BCUT2D eigenvalue weighted by Crippen LogP contribution is -2.40. The van der Waals surface area contributed by atoms with E-state index in [1.165, 1.54) is 6.26 Å². The molecule has 3 nitrogen and oxygen atoms in total. The number of sulfone groups is 1. The zero-order valence-electron chi connectivity index (χ0n) is 9.50. The highest BCUT2D eigenvalue weighted by atomic mass is 32.2. The summed E-state index contributed by atoms with van der Waals surface area (Å²) < 4.78 is 22.6. The second-order valence-electron chi connectivity index (χ2n) is 3.93. The summed E-state index contributed by atoms with van der Waals surface area (Å²) in [5.41, 5.74) is 1.09. The molecule has 0 heterocycles. The van der Waals surface area contributed by atoms with Gasteiger partial charge in [-0.15, -0.1) is 6.58 Å². The van der Waals surface area contributed by atoms with Crippen LogP contribution >= 0.6 is 0 Å². The van der Waals surface area contributed by atoms with Crippen LogP contribution in [0.1, 0.15) is 26.7 Å². The SMILES string of the molecule is C=C(C)CCC(NC)C(C)S(C)(=O)=O. The van der Waals surface area contributed by atoms with Gasteiger partial charge in [-0.2, -0.15) is 0 Å². The summed E-state index contributed by atoms with van der Waals surface area (Å²) in [4.78, 5) is 0. The number of hydrogen-bond acceptors (Lipinski definition) is 3. The fourth-order valence-corrected chi connectivity index (χ4v) is 2.18. The van der Waals surface area contributed by atoms with Crippen molar-refractivity contribution in [1.82, 2.24) is 5.32 Å². The fourth-order valence-electron chi connectivity index (χ4n) is 1.31. The summed E-state index contributed by atoms with van der Waals surface area (Å²) in [7, 11) is -1.16. The molecule has 0 amide bonds. The minimum Gasteiger partial charge on any atom is -0.316 e. The average molecular weight is 219 g/mol. The molecule has 0 aliphatic heterocycles. The van der Waals surface area contributed by atoms with E-state index in [1.807, 2.05) is 6.92 Å². The quantitative estimate of drug-likeness (QED) is 0.686. The van der Waals surface area contributed by atoms with E-state index in [2.05, 4.69) is 11.9 Å². The number of allylic oxidation sites excluding steroid dienone is 1. The maximum absolute atomic E-state index is 11.3. The van der Waals surface area contributed by atoms with E-state index in [4.69, 9.17) is 0 Å². The Morgan fingerprint density at radius 1 is 1.50 bits per heavy atom. The summed E-state index contributed by atoms with van der Waals surface area (Å²) >= 11 is 0. The smallest absolute Gasteiger partial charge is 0.151 e. The van der Waals surface area contributed by atoms with E-state index in [1.54, 1.807) is 14.0 Å². The topological polar surface area (TPSA) is 46.2 Å². The van der Waals surface area contributed by atoms with Crippen molar-refractivity contribution in [3.05, 3.63) is 12.2 Å². The van der Waals surface area contributed by atoms with E-state index >= 15 is 0 Å². The highest BCUT2D eigenvalue weighted by Crippen LogP contribution is 2.12. The molecule has 2 atom stereocenters. The first-order valence-corrected chi connectivity index (χ1v) is 6.75. The van der Waals surface area contributed by atoms with Gasteiger partial charge in [-0.05, 0) is 33.7 Å². The van der Waals surface area contributed by atoms with Crippen molar-refractivity contribution in [3.8, 4) is 0 Å². The largest absolute Gasteiger partial charge is 0.316 e. The molecule has 0 saturated heterocycles. The van der Waals surface area contributed by atoms with E-state index in [-0.39, 0.29) is 11.3 Å². The van der Waals surface area contributed by atoms with Crippen molar-refractivity contribution >= 4 is 9.84 Å². The molecule has 0 aromatic heterocycles. The van der Waals surface area contributed by atoms with Crippen LogP contribution in [0.25, 0.3) is 0 Å².